The zero-order valence-corrected chi connectivity index (χ0v) is 18.4. The Morgan fingerprint density at radius 1 is 1.16 bits per heavy atom. The van der Waals surface area contributed by atoms with Crippen LogP contribution in [-0.4, -0.2) is 68.2 Å². The summed E-state index contributed by atoms with van der Waals surface area (Å²) in [5.74, 6) is 0.278. The Hall–Kier alpha value is -3.37. The maximum Gasteiger partial charge on any atom is 0.275 e. The van der Waals surface area contributed by atoms with E-state index in [2.05, 4.69) is 13.7 Å². The van der Waals surface area contributed by atoms with Crippen LogP contribution in [0.15, 0.2) is 55.0 Å². The normalized spacial score (nSPS) is 16.7. The van der Waals surface area contributed by atoms with Crippen LogP contribution >= 0.6 is 11.7 Å². The SMILES string of the molecule is COc1ccc(CN2C[C@H](OCc3cccnc3)CN(C(=O)c3cnsn3)CC2=O)cc1. The molecule has 0 bridgehead atoms. The number of benzene rings is 1. The molecule has 1 aliphatic heterocycles. The van der Waals surface area contributed by atoms with E-state index in [-0.39, 0.29) is 36.7 Å². The Labute approximate surface area is 189 Å². The van der Waals surface area contributed by atoms with Crippen LogP contribution in [0.2, 0.25) is 0 Å². The maximum atomic E-state index is 13.1. The van der Waals surface area contributed by atoms with Gasteiger partial charge < -0.3 is 19.3 Å². The Morgan fingerprint density at radius 2 is 2.00 bits per heavy atom. The van der Waals surface area contributed by atoms with Gasteiger partial charge in [-0.05, 0) is 29.3 Å². The summed E-state index contributed by atoms with van der Waals surface area (Å²) in [6.07, 6.45) is 4.49. The lowest BCUT2D eigenvalue weighted by molar-refractivity contribution is -0.132. The minimum absolute atomic E-state index is 0.0424. The largest absolute Gasteiger partial charge is 0.497 e. The fourth-order valence-electron chi connectivity index (χ4n) is 3.46. The highest BCUT2D eigenvalue weighted by atomic mass is 32.1. The number of carbonyl (C=O) groups excluding carboxylic acids is 2. The van der Waals surface area contributed by atoms with Gasteiger partial charge >= 0.3 is 0 Å². The van der Waals surface area contributed by atoms with Crippen LogP contribution in [0.3, 0.4) is 0 Å². The number of hydrogen-bond acceptors (Lipinski definition) is 8. The molecule has 10 heteroatoms. The molecular formula is C22H23N5O4S. The van der Waals surface area contributed by atoms with Crippen LogP contribution in [0.5, 0.6) is 5.75 Å². The van der Waals surface area contributed by atoms with Crippen molar-refractivity contribution in [3.8, 4) is 5.75 Å². The third-order valence-electron chi connectivity index (χ3n) is 5.14. The fraction of sp³-hybridized carbons (Fsp3) is 0.318. The molecule has 1 aliphatic rings. The standard InChI is InChI=1S/C22H23N5O4S/c1-30-18-6-4-16(5-7-18)11-26-12-19(31-15-17-3-2-8-23-9-17)13-27(14-21(26)28)22(29)20-10-24-32-25-20/h2-10,19H,11-15H2,1H3/t19-/m0/s1. The third-order valence-corrected chi connectivity index (χ3v) is 5.61. The predicted octanol–water partition coefficient (Wildman–Crippen LogP) is 2.01. The summed E-state index contributed by atoms with van der Waals surface area (Å²) >= 11 is 0.960. The highest BCUT2D eigenvalue weighted by Gasteiger charge is 2.32. The molecule has 1 aromatic carbocycles. The molecule has 1 atom stereocenters. The summed E-state index contributed by atoms with van der Waals surface area (Å²) in [6, 6.07) is 11.3. The second-order valence-corrected chi connectivity index (χ2v) is 7.95. The second-order valence-electron chi connectivity index (χ2n) is 7.39. The van der Waals surface area contributed by atoms with Crippen molar-refractivity contribution >= 4 is 23.5 Å². The molecule has 2 amide bonds. The average Bonchev–Trinajstić information content (AvgIpc) is 3.32. The molecule has 3 aromatic rings. The van der Waals surface area contributed by atoms with E-state index in [1.807, 2.05) is 36.4 Å². The number of carbonyl (C=O) groups is 2. The molecule has 2 aromatic heterocycles. The molecule has 1 fully saturated rings. The van der Waals surface area contributed by atoms with E-state index in [0.717, 1.165) is 28.6 Å². The Balaban J connectivity index is 1.51. The summed E-state index contributed by atoms with van der Waals surface area (Å²) < 4.78 is 19.2. The van der Waals surface area contributed by atoms with Crippen LogP contribution < -0.4 is 4.74 Å². The Morgan fingerprint density at radius 3 is 2.69 bits per heavy atom. The number of pyridine rings is 1. The summed E-state index contributed by atoms with van der Waals surface area (Å²) in [5.41, 5.74) is 2.12. The molecule has 9 nitrogen and oxygen atoms in total. The molecular weight excluding hydrogens is 430 g/mol. The number of hydrogen-bond donors (Lipinski definition) is 0. The minimum Gasteiger partial charge on any atom is -0.497 e. The zero-order valence-electron chi connectivity index (χ0n) is 17.6. The second kappa shape index (κ2) is 10.3. The summed E-state index contributed by atoms with van der Waals surface area (Å²) in [7, 11) is 1.61. The first-order valence-electron chi connectivity index (χ1n) is 10.1. The molecule has 166 valence electrons. The monoisotopic (exact) mass is 453 g/mol. The lowest BCUT2D eigenvalue weighted by Crippen LogP contribution is -2.39. The lowest BCUT2D eigenvalue weighted by Gasteiger charge is -2.25. The van der Waals surface area contributed by atoms with Gasteiger partial charge in [-0.15, -0.1) is 0 Å². The maximum absolute atomic E-state index is 13.1. The van der Waals surface area contributed by atoms with E-state index in [1.54, 1.807) is 24.4 Å². The summed E-state index contributed by atoms with van der Waals surface area (Å²) in [6.45, 7) is 1.35. The van der Waals surface area contributed by atoms with Crippen LogP contribution in [0.4, 0.5) is 0 Å². The quantitative estimate of drug-likeness (QED) is 0.540. The van der Waals surface area contributed by atoms with Gasteiger partial charge in [-0.2, -0.15) is 8.75 Å². The van der Waals surface area contributed by atoms with Crippen molar-refractivity contribution in [2.45, 2.75) is 19.3 Å². The first kappa shape index (κ1) is 21.8. The van der Waals surface area contributed by atoms with E-state index in [4.69, 9.17) is 9.47 Å². The predicted molar refractivity (Wildman–Crippen MR) is 117 cm³/mol. The minimum atomic E-state index is -0.365. The van der Waals surface area contributed by atoms with Gasteiger partial charge in [0, 0.05) is 32.0 Å². The van der Waals surface area contributed by atoms with Gasteiger partial charge in [0.15, 0.2) is 5.69 Å². The van der Waals surface area contributed by atoms with Gasteiger partial charge in [-0.3, -0.25) is 14.6 Å². The first-order valence-corrected chi connectivity index (χ1v) is 10.8. The molecule has 32 heavy (non-hydrogen) atoms. The fourth-order valence-corrected chi connectivity index (χ4v) is 3.87. The number of methoxy groups -OCH3 is 1. The van der Waals surface area contributed by atoms with Crippen LogP contribution in [-0.2, 0) is 22.7 Å². The highest BCUT2D eigenvalue weighted by Crippen LogP contribution is 2.17. The molecule has 1 saturated heterocycles. The van der Waals surface area contributed by atoms with Crippen molar-refractivity contribution in [1.29, 1.82) is 0 Å². The molecule has 3 heterocycles. The first-order chi connectivity index (χ1) is 15.6. The van der Waals surface area contributed by atoms with Gasteiger partial charge in [0.2, 0.25) is 5.91 Å². The summed E-state index contributed by atoms with van der Waals surface area (Å²) in [4.78, 5) is 33.3. The number of nitrogens with zero attached hydrogens (tertiary/aromatic N) is 5. The Kier molecular flexibility index (Phi) is 7.03. The lowest BCUT2D eigenvalue weighted by atomic mass is 10.2. The van der Waals surface area contributed by atoms with Crippen molar-refractivity contribution in [3.63, 3.8) is 0 Å². The number of amides is 2. The molecule has 0 N–H and O–H groups in total. The molecule has 4 rings (SSSR count). The molecule has 0 saturated carbocycles. The molecule has 0 aliphatic carbocycles. The Bertz CT molecular complexity index is 1030. The third kappa shape index (κ3) is 5.45. The highest BCUT2D eigenvalue weighted by molar-refractivity contribution is 6.99. The van der Waals surface area contributed by atoms with Gasteiger partial charge in [-0.25, -0.2) is 0 Å². The van der Waals surface area contributed by atoms with Crippen LogP contribution in [0.25, 0.3) is 0 Å². The zero-order chi connectivity index (χ0) is 22.3. The van der Waals surface area contributed by atoms with Crippen molar-refractivity contribution in [1.82, 2.24) is 23.5 Å². The molecule has 0 spiro atoms. The molecule has 0 radical (unpaired) electrons. The van der Waals surface area contributed by atoms with Crippen molar-refractivity contribution in [2.24, 2.45) is 0 Å². The number of rotatable bonds is 7. The number of ether oxygens (including phenoxy) is 2. The van der Waals surface area contributed by atoms with Gasteiger partial charge in [-0.1, -0.05) is 18.2 Å². The van der Waals surface area contributed by atoms with Crippen molar-refractivity contribution < 1.29 is 19.1 Å². The topological polar surface area (TPSA) is 97.8 Å². The van der Waals surface area contributed by atoms with Crippen LogP contribution in [0.1, 0.15) is 21.6 Å². The van der Waals surface area contributed by atoms with Crippen molar-refractivity contribution in [3.05, 3.63) is 71.8 Å². The average molecular weight is 454 g/mol. The van der Waals surface area contributed by atoms with Crippen LogP contribution in [0, 0.1) is 0 Å². The number of aromatic nitrogens is 3. The van der Waals surface area contributed by atoms with E-state index in [0.29, 0.717) is 19.7 Å². The van der Waals surface area contributed by atoms with E-state index < -0.39 is 0 Å². The van der Waals surface area contributed by atoms with Crippen molar-refractivity contribution in [2.75, 3.05) is 26.7 Å². The van der Waals surface area contributed by atoms with Gasteiger partial charge in [0.25, 0.3) is 5.91 Å². The van der Waals surface area contributed by atoms with E-state index >= 15 is 0 Å². The van der Waals surface area contributed by atoms with E-state index in [1.165, 1.54) is 11.1 Å². The van der Waals surface area contributed by atoms with Gasteiger partial charge in [0.05, 0.1) is 37.7 Å². The van der Waals surface area contributed by atoms with Gasteiger partial charge in [0.1, 0.15) is 12.3 Å². The summed E-state index contributed by atoms with van der Waals surface area (Å²) in [5, 5.41) is 0. The smallest absolute Gasteiger partial charge is 0.275 e. The van der Waals surface area contributed by atoms with E-state index in [9.17, 15) is 9.59 Å². The molecule has 0 unspecified atom stereocenters.